The molecule has 0 amide bonds. The number of nitriles is 1. The molecule has 0 radical (unpaired) electrons. The fraction of sp³-hybridized carbons (Fsp3) is 0.400. The first-order valence-corrected chi connectivity index (χ1v) is 12.1. The molecule has 0 aliphatic carbocycles. The topological polar surface area (TPSA) is 98.1 Å². The average Bonchev–Trinajstić information content (AvgIpc) is 3.07. The molecule has 2 unspecified atom stereocenters. The second-order valence-electron chi connectivity index (χ2n) is 9.85. The lowest BCUT2D eigenvalue weighted by molar-refractivity contribution is -0.137. The Labute approximate surface area is 214 Å². The zero-order valence-electron chi connectivity index (χ0n) is 20.9. The number of hydrogen-bond donors (Lipinski definition) is 1. The molecular formula is C25H28F5N4O2S-. The van der Waals surface area contributed by atoms with Gasteiger partial charge in [0, 0.05) is 46.0 Å². The minimum absolute atomic E-state index is 0.0999. The molecular weight excluding hydrogens is 515 g/mol. The molecule has 2 N–H and O–H groups in total. The predicted molar refractivity (Wildman–Crippen MR) is 132 cm³/mol. The number of hydrogen-bond acceptors (Lipinski definition) is 4. The lowest BCUT2D eigenvalue weighted by Gasteiger charge is -2.23. The molecule has 1 aromatic heterocycles. The summed E-state index contributed by atoms with van der Waals surface area (Å²) in [6, 6.07) is 8.77. The van der Waals surface area contributed by atoms with Crippen LogP contribution in [0.15, 0.2) is 42.6 Å². The van der Waals surface area contributed by atoms with E-state index in [2.05, 4.69) is 5.14 Å². The Hall–Kier alpha value is -2.85. The van der Waals surface area contributed by atoms with Crippen LogP contribution in [0.3, 0.4) is 0 Å². The lowest BCUT2D eigenvalue weighted by atomic mass is 9.93. The third-order valence-corrected chi connectivity index (χ3v) is 5.45. The first-order chi connectivity index (χ1) is 17.0. The van der Waals surface area contributed by atoms with E-state index < -0.39 is 35.5 Å². The van der Waals surface area contributed by atoms with Crippen molar-refractivity contribution in [3.63, 3.8) is 0 Å². The normalized spacial score (nSPS) is 13.9. The zero-order valence-corrected chi connectivity index (χ0v) is 21.8. The van der Waals surface area contributed by atoms with Crippen LogP contribution in [-0.4, -0.2) is 38.7 Å². The summed E-state index contributed by atoms with van der Waals surface area (Å²) in [5.41, 5.74) is -0.260. The van der Waals surface area contributed by atoms with Crippen LogP contribution in [0.2, 0.25) is 0 Å². The Bertz CT molecular complexity index is 1300. The number of fused-ring (bicyclic) bond motifs is 1. The fourth-order valence-electron chi connectivity index (χ4n) is 4.19. The number of rotatable bonds is 5. The van der Waals surface area contributed by atoms with Crippen LogP contribution >= 0.6 is 0 Å². The van der Waals surface area contributed by atoms with Crippen LogP contribution in [0.25, 0.3) is 22.0 Å². The minimum Gasteiger partial charge on any atom is -0.760 e. The molecule has 0 bridgehead atoms. The monoisotopic (exact) mass is 543 g/mol. The van der Waals surface area contributed by atoms with Crippen LogP contribution in [0.5, 0.6) is 0 Å². The van der Waals surface area contributed by atoms with Crippen molar-refractivity contribution >= 4 is 22.2 Å². The second-order valence-corrected chi connectivity index (χ2v) is 10.4. The van der Waals surface area contributed by atoms with Crippen molar-refractivity contribution in [3.8, 4) is 17.2 Å². The maximum absolute atomic E-state index is 13.9. The van der Waals surface area contributed by atoms with Gasteiger partial charge in [0.05, 0.1) is 23.2 Å². The first kappa shape index (κ1) is 30.4. The van der Waals surface area contributed by atoms with Gasteiger partial charge in [-0.25, -0.2) is 8.78 Å². The SMILES string of the molecule is CN(C)C(c1cn(CC(C)(C)C)c2cc(-c3c(C#N)cccc3C(F)(F)F)ccc12)C(F)F.NS(=O)[O-]. The van der Waals surface area contributed by atoms with Gasteiger partial charge in [0.2, 0.25) is 0 Å². The molecule has 12 heteroatoms. The molecule has 0 fully saturated rings. The highest BCUT2D eigenvalue weighted by Crippen LogP contribution is 2.41. The Balaban J connectivity index is 0.00000112. The van der Waals surface area contributed by atoms with E-state index in [1.165, 1.54) is 23.1 Å². The molecule has 3 aromatic rings. The summed E-state index contributed by atoms with van der Waals surface area (Å²) in [7, 11) is 3.13. The van der Waals surface area contributed by atoms with E-state index in [1.54, 1.807) is 32.4 Å². The molecule has 202 valence electrons. The van der Waals surface area contributed by atoms with Crippen LogP contribution in [0.4, 0.5) is 22.0 Å². The Morgan fingerprint density at radius 2 is 1.76 bits per heavy atom. The van der Waals surface area contributed by atoms with Crippen LogP contribution in [0.1, 0.15) is 43.5 Å². The Morgan fingerprint density at radius 3 is 2.22 bits per heavy atom. The summed E-state index contributed by atoms with van der Waals surface area (Å²) in [4.78, 5) is 1.43. The number of nitrogens with two attached hydrogens (primary N) is 1. The van der Waals surface area contributed by atoms with E-state index in [-0.39, 0.29) is 22.1 Å². The molecule has 0 saturated heterocycles. The van der Waals surface area contributed by atoms with Crippen LogP contribution in [-0.2, 0) is 24.0 Å². The maximum Gasteiger partial charge on any atom is 0.417 e. The van der Waals surface area contributed by atoms with E-state index in [0.29, 0.717) is 23.0 Å². The largest absolute Gasteiger partial charge is 0.760 e. The van der Waals surface area contributed by atoms with Gasteiger partial charge >= 0.3 is 6.18 Å². The molecule has 0 aliphatic rings. The average molecular weight is 544 g/mol. The van der Waals surface area contributed by atoms with Crippen LogP contribution in [0, 0.1) is 16.7 Å². The summed E-state index contributed by atoms with van der Waals surface area (Å²) in [5.74, 6) is 0. The number of halogens is 5. The summed E-state index contributed by atoms with van der Waals surface area (Å²) in [6.07, 6.45) is -5.64. The number of nitrogens with zero attached hydrogens (tertiary/aromatic N) is 3. The summed E-state index contributed by atoms with van der Waals surface area (Å²) in [6.45, 7) is 6.45. The van der Waals surface area contributed by atoms with Gasteiger partial charge in [-0.2, -0.15) is 18.4 Å². The summed E-state index contributed by atoms with van der Waals surface area (Å²) in [5, 5.41) is 14.1. The van der Waals surface area contributed by atoms with Crippen molar-refractivity contribution in [1.29, 1.82) is 5.26 Å². The maximum atomic E-state index is 13.9. The smallest absolute Gasteiger partial charge is 0.417 e. The summed E-state index contributed by atoms with van der Waals surface area (Å²) < 4.78 is 88.5. The standard InChI is InChI=1S/C25H26F5N3.H3NO2S/c1-24(2,3)14-33-13-18(22(23(26)27)32(4)5)17-10-9-15(11-20(17)33)21-16(12-31)7-6-8-19(21)25(28,29)30;1-4(2)3/h6-11,13,22-23H,14H2,1-5H3;1H2,(H,2,3)/p-1. The van der Waals surface area contributed by atoms with Gasteiger partial charge in [-0.05, 0) is 43.3 Å². The minimum atomic E-state index is -4.65. The van der Waals surface area contributed by atoms with Crippen molar-refractivity contribution in [2.45, 2.75) is 46.0 Å². The predicted octanol–water partition coefficient (Wildman–Crippen LogP) is 5.85. The van der Waals surface area contributed by atoms with Gasteiger partial charge in [-0.1, -0.05) is 39.0 Å². The molecule has 3 rings (SSSR count). The van der Waals surface area contributed by atoms with Gasteiger partial charge < -0.3 is 9.12 Å². The molecule has 1 heterocycles. The molecule has 0 saturated carbocycles. The van der Waals surface area contributed by atoms with Crippen molar-refractivity contribution < 1.29 is 30.7 Å². The molecule has 0 spiro atoms. The van der Waals surface area contributed by atoms with E-state index in [9.17, 15) is 27.2 Å². The lowest BCUT2D eigenvalue weighted by Crippen LogP contribution is -2.26. The van der Waals surface area contributed by atoms with Gasteiger partial charge in [-0.3, -0.25) is 14.2 Å². The van der Waals surface area contributed by atoms with E-state index in [0.717, 1.165) is 6.07 Å². The quantitative estimate of drug-likeness (QED) is 0.322. The fourth-order valence-corrected chi connectivity index (χ4v) is 4.19. The highest BCUT2D eigenvalue weighted by atomic mass is 32.2. The van der Waals surface area contributed by atoms with E-state index >= 15 is 0 Å². The highest BCUT2D eigenvalue weighted by molar-refractivity contribution is 7.76. The van der Waals surface area contributed by atoms with E-state index in [4.69, 9.17) is 8.76 Å². The molecule has 0 aliphatic heterocycles. The highest BCUT2D eigenvalue weighted by Gasteiger charge is 2.35. The van der Waals surface area contributed by atoms with Gasteiger partial charge in [-0.15, -0.1) is 0 Å². The zero-order chi connectivity index (χ0) is 28.3. The number of aromatic nitrogens is 1. The van der Waals surface area contributed by atoms with Crippen molar-refractivity contribution in [2.75, 3.05) is 14.1 Å². The van der Waals surface area contributed by atoms with Crippen molar-refractivity contribution in [2.24, 2.45) is 10.6 Å². The van der Waals surface area contributed by atoms with Crippen LogP contribution < -0.4 is 5.14 Å². The van der Waals surface area contributed by atoms with Crippen molar-refractivity contribution in [1.82, 2.24) is 9.47 Å². The number of benzene rings is 2. The van der Waals surface area contributed by atoms with Gasteiger partial charge in [0.25, 0.3) is 6.43 Å². The van der Waals surface area contributed by atoms with Crippen molar-refractivity contribution in [3.05, 3.63) is 59.3 Å². The Kier molecular flexibility index (Phi) is 9.59. The molecule has 37 heavy (non-hydrogen) atoms. The first-order valence-electron chi connectivity index (χ1n) is 11.0. The van der Waals surface area contributed by atoms with E-state index in [1.807, 2.05) is 31.4 Å². The van der Waals surface area contributed by atoms with Gasteiger partial charge in [0.1, 0.15) is 0 Å². The van der Waals surface area contributed by atoms with Gasteiger partial charge in [0.15, 0.2) is 0 Å². The Morgan fingerprint density at radius 1 is 1.16 bits per heavy atom. The second kappa shape index (κ2) is 11.7. The molecule has 2 atom stereocenters. The number of alkyl halides is 5. The molecule has 6 nitrogen and oxygen atoms in total. The third kappa shape index (κ3) is 7.58. The summed E-state index contributed by atoms with van der Waals surface area (Å²) >= 11 is -2.36. The third-order valence-electron chi connectivity index (χ3n) is 5.45. The molecule has 2 aromatic carbocycles.